The van der Waals surface area contributed by atoms with E-state index in [1.807, 2.05) is 0 Å². The van der Waals surface area contributed by atoms with Gasteiger partial charge in [0.2, 0.25) is 5.69 Å². The molecule has 1 atom stereocenters. The van der Waals surface area contributed by atoms with Gasteiger partial charge in [-0.25, -0.2) is 9.48 Å². The van der Waals surface area contributed by atoms with Crippen LogP contribution in [0.2, 0.25) is 0 Å². The number of aromatic carboxylic acids is 1. The van der Waals surface area contributed by atoms with Crippen molar-refractivity contribution >= 4 is 5.97 Å². The van der Waals surface area contributed by atoms with Crippen LogP contribution in [-0.4, -0.2) is 37.3 Å². The highest BCUT2D eigenvalue weighted by atomic mass is 19.4. The maximum Gasteiger partial charge on any atom is 0.435 e. The number of aliphatic hydroxyl groups is 1. The van der Waals surface area contributed by atoms with Gasteiger partial charge in [-0.1, -0.05) is 19.1 Å². The molecule has 1 aromatic heterocycles. The lowest BCUT2D eigenvalue weighted by Crippen LogP contribution is -2.26. The molecule has 9 heteroatoms. The molecule has 0 aliphatic rings. The summed E-state index contributed by atoms with van der Waals surface area (Å²) in [4.78, 5) is 10.6. The van der Waals surface area contributed by atoms with Crippen LogP contribution in [0.4, 0.5) is 13.2 Å². The first-order valence-electron chi connectivity index (χ1n) is 5.06. The van der Waals surface area contributed by atoms with E-state index in [1.54, 1.807) is 13.8 Å². The Kier molecular flexibility index (Phi) is 3.95. The number of nitrogens with zero attached hydrogens (tertiary/aromatic N) is 3. The molecule has 1 heterocycles. The SMILES string of the molecule is CC(C)C(O)Cn1nnc(C(=O)O)c1C(F)(F)F. The first-order valence-corrected chi connectivity index (χ1v) is 5.06. The summed E-state index contributed by atoms with van der Waals surface area (Å²) in [5, 5.41) is 24.2. The number of halogens is 3. The lowest BCUT2D eigenvalue weighted by atomic mass is 10.1. The second-order valence-corrected chi connectivity index (χ2v) is 4.08. The molecule has 0 saturated heterocycles. The quantitative estimate of drug-likeness (QED) is 0.850. The number of carbonyl (C=O) groups is 1. The van der Waals surface area contributed by atoms with Crippen LogP contribution in [0.1, 0.15) is 30.0 Å². The minimum absolute atomic E-state index is 0.288. The maximum absolute atomic E-state index is 12.7. The van der Waals surface area contributed by atoms with Gasteiger partial charge in [-0.05, 0) is 5.92 Å². The van der Waals surface area contributed by atoms with Gasteiger partial charge in [0.1, 0.15) is 0 Å². The average Bonchev–Trinajstić information content (AvgIpc) is 2.60. The fraction of sp³-hybridized carbons (Fsp3) is 0.667. The first-order chi connectivity index (χ1) is 8.14. The molecular formula is C9H12F3N3O3. The summed E-state index contributed by atoms with van der Waals surface area (Å²) in [6.07, 6.45) is -5.97. The van der Waals surface area contributed by atoms with Crippen molar-refractivity contribution in [3.8, 4) is 0 Å². The van der Waals surface area contributed by atoms with Crippen LogP contribution in [0.5, 0.6) is 0 Å². The summed E-state index contributed by atoms with van der Waals surface area (Å²) in [6, 6.07) is 0. The minimum atomic E-state index is -4.89. The van der Waals surface area contributed by atoms with Crippen LogP contribution in [0.15, 0.2) is 0 Å². The standard InChI is InChI=1S/C9H12F3N3O3/c1-4(2)5(16)3-15-7(9(10,11)12)6(8(17)18)13-14-15/h4-5,16H,3H2,1-2H3,(H,17,18). The smallest absolute Gasteiger partial charge is 0.435 e. The molecule has 0 amide bonds. The van der Waals surface area contributed by atoms with Crippen molar-refractivity contribution in [2.75, 3.05) is 0 Å². The highest BCUT2D eigenvalue weighted by Gasteiger charge is 2.41. The summed E-state index contributed by atoms with van der Waals surface area (Å²) in [7, 11) is 0. The van der Waals surface area contributed by atoms with Crippen molar-refractivity contribution in [3.05, 3.63) is 11.4 Å². The summed E-state index contributed by atoms with van der Waals surface area (Å²) in [5.74, 6) is -2.10. The normalized spacial score (nSPS) is 13.9. The number of aromatic nitrogens is 3. The van der Waals surface area contributed by atoms with Crippen LogP contribution >= 0.6 is 0 Å². The van der Waals surface area contributed by atoms with E-state index in [2.05, 4.69) is 10.3 Å². The third-order valence-corrected chi connectivity index (χ3v) is 2.34. The van der Waals surface area contributed by atoms with Gasteiger partial charge >= 0.3 is 12.1 Å². The number of alkyl halides is 3. The van der Waals surface area contributed by atoms with Gasteiger partial charge in [0.15, 0.2) is 5.69 Å². The second kappa shape index (κ2) is 4.92. The number of rotatable bonds is 4. The van der Waals surface area contributed by atoms with Gasteiger partial charge in [0, 0.05) is 0 Å². The van der Waals surface area contributed by atoms with Crippen LogP contribution in [0, 0.1) is 5.92 Å². The van der Waals surface area contributed by atoms with Gasteiger partial charge in [0.05, 0.1) is 12.6 Å². The van der Waals surface area contributed by atoms with E-state index in [0.29, 0.717) is 4.68 Å². The molecule has 6 nitrogen and oxygen atoms in total. The molecule has 18 heavy (non-hydrogen) atoms. The second-order valence-electron chi connectivity index (χ2n) is 4.08. The Morgan fingerprint density at radius 2 is 2.00 bits per heavy atom. The summed E-state index contributed by atoms with van der Waals surface area (Å²) in [6.45, 7) is 2.77. The fourth-order valence-corrected chi connectivity index (χ4v) is 1.25. The molecule has 0 aliphatic heterocycles. The van der Waals surface area contributed by atoms with Crippen molar-refractivity contribution in [1.29, 1.82) is 0 Å². The highest BCUT2D eigenvalue weighted by Crippen LogP contribution is 2.31. The Hall–Kier alpha value is -1.64. The summed E-state index contributed by atoms with van der Waals surface area (Å²) < 4.78 is 38.5. The molecule has 0 bridgehead atoms. The Bertz CT molecular complexity index is 442. The Morgan fingerprint density at radius 3 is 2.39 bits per heavy atom. The van der Waals surface area contributed by atoms with Crippen molar-refractivity contribution in [2.45, 2.75) is 32.7 Å². The number of hydrogen-bond donors (Lipinski definition) is 2. The molecule has 1 unspecified atom stereocenters. The molecule has 0 aromatic carbocycles. The van der Waals surface area contributed by atoms with E-state index in [0.717, 1.165) is 0 Å². The number of carboxylic acid groups (broad SMARTS) is 1. The zero-order chi connectivity index (χ0) is 14.1. The van der Waals surface area contributed by atoms with Crippen molar-refractivity contribution in [3.63, 3.8) is 0 Å². The lowest BCUT2D eigenvalue weighted by Gasteiger charge is -2.16. The molecule has 0 aliphatic carbocycles. The molecule has 1 rings (SSSR count). The summed E-state index contributed by atoms with van der Waals surface area (Å²) >= 11 is 0. The van der Waals surface area contributed by atoms with Crippen molar-refractivity contribution in [1.82, 2.24) is 15.0 Å². The lowest BCUT2D eigenvalue weighted by molar-refractivity contribution is -0.145. The van der Waals surface area contributed by atoms with E-state index in [9.17, 15) is 23.1 Å². The van der Waals surface area contributed by atoms with Gasteiger partial charge < -0.3 is 10.2 Å². The van der Waals surface area contributed by atoms with Crippen molar-refractivity contribution in [2.24, 2.45) is 5.92 Å². The van der Waals surface area contributed by atoms with Gasteiger partial charge in [0.25, 0.3) is 0 Å². The van der Waals surface area contributed by atoms with E-state index < -0.39 is 36.2 Å². The zero-order valence-corrected chi connectivity index (χ0v) is 9.64. The van der Waals surface area contributed by atoms with Gasteiger partial charge in [-0.15, -0.1) is 5.10 Å². The van der Waals surface area contributed by atoms with E-state index in [-0.39, 0.29) is 5.92 Å². The number of hydrogen-bond acceptors (Lipinski definition) is 4. The van der Waals surface area contributed by atoms with Crippen LogP contribution in [0.3, 0.4) is 0 Å². The van der Waals surface area contributed by atoms with Crippen LogP contribution in [-0.2, 0) is 12.7 Å². The van der Waals surface area contributed by atoms with E-state index >= 15 is 0 Å². The largest absolute Gasteiger partial charge is 0.476 e. The molecule has 0 saturated carbocycles. The molecule has 0 fully saturated rings. The topological polar surface area (TPSA) is 88.2 Å². The summed E-state index contributed by atoms with van der Waals surface area (Å²) in [5.41, 5.74) is -2.63. The molecule has 1 aromatic rings. The minimum Gasteiger partial charge on any atom is -0.476 e. The van der Waals surface area contributed by atoms with Crippen LogP contribution < -0.4 is 0 Å². The first kappa shape index (κ1) is 14.4. The number of aliphatic hydroxyl groups excluding tert-OH is 1. The zero-order valence-electron chi connectivity index (χ0n) is 9.64. The molecular weight excluding hydrogens is 255 g/mol. The maximum atomic E-state index is 12.7. The molecule has 2 N–H and O–H groups in total. The van der Waals surface area contributed by atoms with E-state index in [4.69, 9.17) is 5.11 Å². The highest BCUT2D eigenvalue weighted by molar-refractivity contribution is 5.86. The van der Waals surface area contributed by atoms with E-state index in [1.165, 1.54) is 0 Å². The molecule has 0 radical (unpaired) electrons. The monoisotopic (exact) mass is 267 g/mol. The average molecular weight is 267 g/mol. The third-order valence-electron chi connectivity index (χ3n) is 2.34. The Morgan fingerprint density at radius 1 is 1.44 bits per heavy atom. The van der Waals surface area contributed by atoms with Gasteiger partial charge in [-0.2, -0.15) is 13.2 Å². The Labute approximate surface area is 100 Å². The Balaban J connectivity index is 3.17. The van der Waals surface area contributed by atoms with Crippen LogP contribution in [0.25, 0.3) is 0 Å². The fourth-order valence-electron chi connectivity index (χ4n) is 1.25. The number of carboxylic acids is 1. The predicted octanol–water partition coefficient (Wildman–Crippen LogP) is 1.01. The predicted molar refractivity (Wildman–Crippen MR) is 52.8 cm³/mol. The van der Waals surface area contributed by atoms with Crippen molar-refractivity contribution < 1.29 is 28.2 Å². The molecule has 0 spiro atoms. The molecule has 102 valence electrons. The third kappa shape index (κ3) is 2.97. The van der Waals surface area contributed by atoms with Gasteiger partial charge in [-0.3, -0.25) is 0 Å².